The Bertz CT molecular complexity index is 300. The van der Waals surface area contributed by atoms with Gasteiger partial charge < -0.3 is 11.1 Å². The zero-order chi connectivity index (χ0) is 12.1. The van der Waals surface area contributed by atoms with E-state index < -0.39 is 16.1 Å². The molecule has 0 aromatic carbocycles. The van der Waals surface area contributed by atoms with Crippen molar-refractivity contribution in [3.63, 3.8) is 0 Å². The average molecular weight is 237 g/mol. The molecule has 0 radical (unpaired) electrons. The van der Waals surface area contributed by atoms with Gasteiger partial charge in [0.15, 0.2) is 0 Å². The highest BCUT2D eigenvalue weighted by atomic mass is 32.2. The lowest BCUT2D eigenvalue weighted by atomic mass is 10.2. The highest BCUT2D eigenvalue weighted by molar-refractivity contribution is 7.89. The minimum atomic E-state index is -3.25. The second kappa shape index (κ2) is 6.04. The number of carbonyl (C=O) groups is 1. The second-order valence-corrected chi connectivity index (χ2v) is 5.71. The third-order valence-corrected chi connectivity index (χ3v) is 3.82. The SMILES string of the molecule is CC[C@@H](N)C(=O)NCCS(=O)(=O)N(C)C. The molecule has 3 N–H and O–H groups in total. The fraction of sp³-hybridized carbons (Fsp3) is 0.875. The molecule has 1 amide bonds. The quantitative estimate of drug-likeness (QED) is 0.602. The molecule has 0 aliphatic rings. The van der Waals surface area contributed by atoms with Crippen LogP contribution >= 0.6 is 0 Å². The molecule has 0 aromatic heterocycles. The highest BCUT2D eigenvalue weighted by Crippen LogP contribution is 1.92. The van der Waals surface area contributed by atoms with Crippen LogP contribution in [0, 0.1) is 0 Å². The van der Waals surface area contributed by atoms with Gasteiger partial charge in [0.2, 0.25) is 15.9 Å². The normalized spacial score (nSPS) is 13.9. The van der Waals surface area contributed by atoms with Gasteiger partial charge in [-0.3, -0.25) is 4.79 Å². The van der Waals surface area contributed by atoms with E-state index in [1.165, 1.54) is 14.1 Å². The van der Waals surface area contributed by atoms with Crippen molar-refractivity contribution in [1.29, 1.82) is 0 Å². The lowest BCUT2D eigenvalue weighted by Gasteiger charge is -2.13. The Morgan fingerprint density at radius 3 is 2.40 bits per heavy atom. The molecule has 0 rings (SSSR count). The van der Waals surface area contributed by atoms with Crippen molar-refractivity contribution in [3.8, 4) is 0 Å². The van der Waals surface area contributed by atoms with Crippen LogP contribution in [0.25, 0.3) is 0 Å². The van der Waals surface area contributed by atoms with E-state index in [9.17, 15) is 13.2 Å². The molecule has 0 aliphatic carbocycles. The van der Waals surface area contributed by atoms with Crippen LogP contribution in [0.1, 0.15) is 13.3 Å². The van der Waals surface area contributed by atoms with Crippen molar-refractivity contribution < 1.29 is 13.2 Å². The van der Waals surface area contributed by atoms with Crippen molar-refractivity contribution in [1.82, 2.24) is 9.62 Å². The van der Waals surface area contributed by atoms with Crippen LogP contribution in [0.3, 0.4) is 0 Å². The lowest BCUT2D eigenvalue weighted by Crippen LogP contribution is -2.42. The smallest absolute Gasteiger partial charge is 0.236 e. The number of nitrogens with zero attached hydrogens (tertiary/aromatic N) is 1. The minimum absolute atomic E-state index is 0.0903. The number of nitrogens with one attached hydrogen (secondary N) is 1. The van der Waals surface area contributed by atoms with E-state index in [0.717, 1.165) is 4.31 Å². The number of rotatable bonds is 6. The summed E-state index contributed by atoms with van der Waals surface area (Å²) in [4.78, 5) is 11.2. The summed E-state index contributed by atoms with van der Waals surface area (Å²) in [6.07, 6.45) is 0.534. The van der Waals surface area contributed by atoms with Crippen molar-refractivity contribution in [2.24, 2.45) is 5.73 Å². The average Bonchev–Trinajstić information content (AvgIpc) is 2.15. The Hall–Kier alpha value is -0.660. The molecular weight excluding hydrogens is 218 g/mol. The molecule has 0 fully saturated rings. The first kappa shape index (κ1) is 14.3. The van der Waals surface area contributed by atoms with Crippen LogP contribution in [-0.2, 0) is 14.8 Å². The van der Waals surface area contributed by atoms with E-state index in [-0.39, 0.29) is 18.2 Å². The van der Waals surface area contributed by atoms with E-state index in [2.05, 4.69) is 5.32 Å². The number of amides is 1. The summed E-state index contributed by atoms with van der Waals surface area (Å²) in [6.45, 7) is 1.88. The topological polar surface area (TPSA) is 92.5 Å². The fourth-order valence-corrected chi connectivity index (χ4v) is 1.53. The molecule has 15 heavy (non-hydrogen) atoms. The predicted octanol–water partition coefficient (Wildman–Crippen LogP) is -1.27. The van der Waals surface area contributed by atoms with Gasteiger partial charge in [0.1, 0.15) is 0 Å². The fourth-order valence-electron chi connectivity index (χ4n) is 0.802. The zero-order valence-electron chi connectivity index (χ0n) is 9.36. The largest absolute Gasteiger partial charge is 0.354 e. The summed E-state index contributed by atoms with van der Waals surface area (Å²) in [6, 6.07) is -0.563. The number of nitrogens with two attached hydrogens (primary N) is 1. The molecule has 7 heteroatoms. The Morgan fingerprint density at radius 2 is 2.00 bits per heavy atom. The van der Waals surface area contributed by atoms with Crippen molar-refractivity contribution >= 4 is 15.9 Å². The summed E-state index contributed by atoms with van der Waals surface area (Å²) < 4.78 is 23.7. The van der Waals surface area contributed by atoms with Gasteiger partial charge in [0.05, 0.1) is 11.8 Å². The van der Waals surface area contributed by atoms with Crippen LogP contribution < -0.4 is 11.1 Å². The van der Waals surface area contributed by atoms with Crippen LogP contribution in [0.15, 0.2) is 0 Å². The first-order valence-corrected chi connectivity index (χ1v) is 6.35. The molecule has 0 bridgehead atoms. The van der Waals surface area contributed by atoms with Gasteiger partial charge >= 0.3 is 0 Å². The third kappa shape index (κ3) is 5.10. The van der Waals surface area contributed by atoms with Gasteiger partial charge in [-0.25, -0.2) is 12.7 Å². The number of hydrogen-bond donors (Lipinski definition) is 2. The molecule has 0 unspecified atom stereocenters. The first-order valence-electron chi connectivity index (χ1n) is 4.74. The molecule has 0 aliphatic heterocycles. The Kier molecular flexibility index (Phi) is 5.77. The van der Waals surface area contributed by atoms with E-state index >= 15 is 0 Å². The van der Waals surface area contributed by atoms with Crippen molar-refractivity contribution in [2.75, 3.05) is 26.4 Å². The van der Waals surface area contributed by atoms with Crippen LogP contribution in [0.5, 0.6) is 0 Å². The van der Waals surface area contributed by atoms with Crippen molar-refractivity contribution in [3.05, 3.63) is 0 Å². The molecule has 0 saturated heterocycles. The highest BCUT2D eigenvalue weighted by Gasteiger charge is 2.15. The maximum atomic E-state index is 11.3. The molecule has 0 aromatic rings. The Labute approximate surface area is 90.9 Å². The summed E-state index contributed by atoms with van der Waals surface area (Å²) in [7, 11) is -0.342. The van der Waals surface area contributed by atoms with Gasteiger partial charge in [-0.2, -0.15) is 0 Å². The molecule has 6 nitrogen and oxygen atoms in total. The van der Waals surface area contributed by atoms with E-state index in [1.54, 1.807) is 6.92 Å². The zero-order valence-corrected chi connectivity index (χ0v) is 10.2. The molecule has 0 heterocycles. The Morgan fingerprint density at radius 1 is 1.47 bits per heavy atom. The van der Waals surface area contributed by atoms with Crippen LogP contribution in [-0.4, -0.2) is 51.1 Å². The second-order valence-electron chi connectivity index (χ2n) is 3.40. The van der Waals surface area contributed by atoms with Gasteiger partial charge in [-0.15, -0.1) is 0 Å². The third-order valence-electron chi connectivity index (χ3n) is 1.99. The molecule has 1 atom stereocenters. The summed E-state index contributed by atoms with van der Waals surface area (Å²) in [5.74, 6) is -0.422. The maximum absolute atomic E-state index is 11.3. The first-order chi connectivity index (χ1) is 6.81. The number of carbonyl (C=O) groups excluding carboxylic acids is 1. The van der Waals surface area contributed by atoms with E-state index in [0.29, 0.717) is 6.42 Å². The maximum Gasteiger partial charge on any atom is 0.236 e. The number of sulfonamides is 1. The molecule has 0 spiro atoms. The van der Waals surface area contributed by atoms with Gasteiger partial charge in [-0.05, 0) is 6.42 Å². The summed E-state index contributed by atoms with van der Waals surface area (Å²) >= 11 is 0. The lowest BCUT2D eigenvalue weighted by molar-refractivity contribution is -0.122. The molecule has 0 saturated carbocycles. The Balaban J connectivity index is 3.96. The van der Waals surface area contributed by atoms with Gasteiger partial charge in [0.25, 0.3) is 0 Å². The van der Waals surface area contributed by atoms with Crippen LogP contribution in [0.4, 0.5) is 0 Å². The predicted molar refractivity (Wildman–Crippen MR) is 58.7 cm³/mol. The summed E-state index contributed by atoms with van der Waals surface area (Å²) in [5, 5.41) is 2.47. The monoisotopic (exact) mass is 237 g/mol. The van der Waals surface area contributed by atoms with E-state index in [1.807, 2.05) is 0 Å². The molecular formula is C8H19N3O3S. The van der Waals surface area contributed by atoms with Crippen molar-refractivity contribution in [2.45, 2.75) is 19.4 Å². The standard InChI is InChI=1S/C8H19N3O3S/c1-4-7(9)8(12)10-5-6-15(13,14)11(2)3/h7H,4-6,9H2,1-3H3,(H,10,12)/t7-/m1/s1. The number of hydrogen-bond acceptors (Lipinski definition) is 4. The van der Waals surface area contributed by atoms with Gasteiger partial charge in [-0.1, -0.05) is 6.92 Å². The van der Waals surface area contributed by atoms with Crippen LogP contribution in [0.2, 0.25) is 0 Å². The van der Waals surface area contributed by atoms with Gasteiger partial charge in [0, 0.05) is 20.6 Å². The minimum Gasteiger partial charge on any atom is -0.354 e. The van der Waals surface area contributed by atoms with E-state index in [4.69, 9.17) is 5.73 Å². The summed E-state index contributed by atoms with van der Waals surface area (Å²) in [5.41, 5.74) is 5.45. The molecule has 90 valence electrons.